The molecule has 1 saturated heterocycles. The minimum Gasteiger partial charge on any atom is -0.379 e. The molecule has 2 N–H and O–H groups in total. The maximum absolute atomic E-state index is 11.0. The fourth-order valence-corrected chi connectivity index (χ4v) is 2.51. The summed E-state index contributed by atoms with van der Waals surface area (Å²) in [5.74, 6) is -0.160. The zero-order chi connectivity index (χ0) is 11.8. The molecule has 1 aromatic heterocycles. The molecule has 1 atom stereocenters. The molecule has 0 aromatic carbocycles. The summed E-state index contributed by atoms with van der Waals surface area (Å²) in [6.07, 6.45) is 2.66. The van der Waals surface area contributed by atoms with Gasteiger partial charge in [-0.25, -0.2) is 13.6 Å². The van der Waals surface area contributed by atoms with E-state index in [2.05, 4.69) is 5.10 Å². The molecule has 0 amide bonds. The van der Waals surface area contributed by atoms with E-state index in [1.165, 1.54) is 0 Å². The fraction of sp³-hybridized carbons (Fsp3) is 0.667. The quantitative estimate of drug-likeness (QED) is 0.808. The fourth-order valence-electron chi connectivity index (χ4n) is 1.80. The molecule has 16 heavy (non-hydrogen) atoms. The SMILES string of the molecule is Cc1nn(C2CCOC2)cc1CS(N)(=O)=O. The predicted octanol–water partition coefficient (Wildman–Crippen LogP) is -0.0586. The third-order valence-electron chi connectivity index (χ3n) is 2.65. The van der Waals surface area contributed by atoms with E-state index in [-0.39, 0.29) is 11.8 Å². The molecule has 6 nitrogen and oxygen atoms in total. The molecular weight excluding hydrogens is 230 g/mol. The number of hydrogen-bond donors (Lipinski definition) is 1. The van der Waals surface area contributed by atoms with E-state index in [4.69, 9.17) is 9.88 Å². The van der Waals surface area contributed by atoms with Gasteiger partial charge in [0.2, 0.25) is 10.0 Å². The maximum atomic E-state index is 11.0. The third-order valence-corrected chi connectivity index (χ3v) is 3.37. The van der Waals surface area contributed by atoms with Crippen molar-refractivity contribution in [3.8, 4) is 0 Å². The average molecular weight is 245 g/mol. The van der Waals surface area contributed by atoms with E-state index < -0.39 is 10.0 Å². The minimum atomic E-state index is -3.49. The molecule has 0 bridgehead atoms. The molecular formula is C9H15N3O3S. The van der Waals surface area contributed by atoms with Gasteiger partial charge in [-0.2, -0.15) is 5.10 Å². The van der Waals surface area contributed by atoms with Crippen LogP contribution in [0.5, 0.6) is 0 Å². The first-order valence-electron chi connectivity index (χ1n) is 5.08. The van der Waals surface area contributed by atoms with Crippen molar-refractivity contribution in [1.82, 2.24) is 9.78 Å². The van der Waals surface area contributed by atoms with Crippen LogP contribution >= 0.6 is 0 Å². The Kier molecular flexibility index (Phi) is 3.00. The van der Waals surface area contributed by atoms with Crippen LogP contribution in [0.15, 0.2) is 6.20 Å². The number of primary sulfonamides is 1. The van der Waals surface area contributed by atoms with Crippen LogP contribution in [0.2, 0.25) is 0 Å². The lowest BCUT2D eigenvalue weighted by atomic mass is 10.2. The number of sulfonamides is 1. The lowest BCUT2D eigenvalue weighted by Crippen LogP contribution is -2.14. The largest absolute Gasteiger partial charge is 0.379 e. The molecule has 1 fully saturated rings. The van der Waals surface area contributed by atoms with E-state index in [1.54, 1.807) is 17.8 Å². The van der Waals surface area contributed by atoms with Crippen LogP contribution in [0.1, 0.15) is 23.7 Å². The zero-order valence-corrected chi connectivity index (χ0v) is 9.90. The van der Waals surface area contributed by atoms with Crippen LogP contribution < -0.4 is 5.14 Å². The van der Waals surface area contributed by atoms with E-state index >= 15 is 0 Å². The highest BCUT2D eigenvalue weighted by Gasteiger charge is 2.20. The summed E-state index contributed by atoms with van der Waals surface area (Å²) in [5, 5.41) is 9.30. The predicted molar refractivity (Wildman–Crippen MR) is 58.2 cm³/mol. The number of nitrogens with zero attached hydrogens (tertiary/aromatic N) is 2. The normalized spacial score (nSPS) is 21.5. The Bertz CT molecular complexity index is 474. The molecule has 7 heteroatoms. The number of ether oxygens (including phenoxy) is 1. The standard InChI is InChI=1S/C9H15N3O3S/c1-7-8(6-16(10,13)14)4-12(11-7)9-2-3-15-5-9/h4,9H,2-3,5-6H2,1H3,(H2,10,13,14). The first-order valence-corrected chi connectivity index (χ1v) is 6.80. The molecule has 2 heterocycles. The van der Waals surface area contributed by atoms with Gasteiger partial charge in [0.1, 0.15) is 0 Å². The van der Waals surface area contributed by atoms with Crippen molar-refractivity contribution in [3.05, 3.63) is 17.5 Å². The minimum absolute atomic E-state index is 0.160. The lowest BCUT2D eigenvalue weighted by Gasteiger charge is -2.06. The summed E-state index contributed by atoms with van der Waals surface area (Å²) < 4.78 is 29.0. The number of aromatic nitrogens is 2. The van der Waals surface area contributed by atoms with Crippen LogP contribution in [0.3, 0.4) is 0 Å². The zero-order valence-electron chi connectivity index (χ0n) is 9.09. The molecule has 0 aliphatic carbocycles. The molecule has 2 rings (SSSR count). The number of aryl methyl sites for hydroxylation is 1. The van der Waals surface area contributed by atoms with Crippen LogP contribution in [0.25, 0.3) is 0 Å². The van der Waals surface area contributed by atoms with Gasteiger partial charge in [0.05, 0.1) is 24.1 Å². The molecule has 1 aliphatic rings. The Labute approximate surface area is 94.4 Å². The Hall–Kier alpha value is -0.920. The van der Waals surface area contributed by atoms with Gasteiger partial charge in [0, 0.05) is 18.4 Å². The first kappa shape index (κ1) is 11.6. The Morgan fingerprint density at radius 3 is 3.00 bits per heavy atom. The molecule has 0 spiro atoms. The topological polar surface area (TPSA) is 87.2 Å². The second-order valence-electron chi connectivity index (χ2n) is 4.04. The van der Waals surface area contributed by atoms with Crippen LogP contribution in [0, 0.1) is 6.92 Å². The van der Waals surface area contributed by atoms with E-state index in [0.717, 1.165) is 13.0 Å². The Morgan fingerprint density at radius 1 is 1.69 bits per heavy atom. The van der Waals surface area contributed by atoms with Crippen molar-refractivity contribution in [2.75, 3.05) is 13.2 Å². The Balaban J connectivity index is 2.21. The van der Waals surface area contributed by atoms with Crippen molar-refractivity contribution in [1.29, 1.82) is 0 Å². The number of rotatable bonds is 3. The first-order chi connectivity index (χ1) is 7.46. The monoisotopic (exact) mass is 245 g/mol. The second-order valence-corrected chi connectivity index (χ2v) is 5.66. The number of nitrogens with two attached hydrogens (primary N) is 1. The van der Waals surface area contributed by atoms with Crippen molar-refractivity contribution in [3.63, 3.8) is 0 Å². The molecule has 1 aliphatic heterocycles. The van der Waals surface area contributed by atoms with Crippen molar-refractivity contribution >= 4 is 10.0 Å². The van der Waals surface area contributed by atoms with Gasteiger partial charge in [0.25, 0.3) is 0 Å². The summed E-state index contributed by atoms with van der Waals surface area (Å²) in [6.45, 7) is 3.15. The van der Waals surface area contributed by atoms with Crippen molar-refractivity contribution in [2.45, 2.75) is 25.1 Å². The molecule has 1 aromatic rings. The van der Waals surface area contributed by atoms with Crippen molar-refractivity contribution in [2.24, 2.45) is 5.14 Å². The summed E-state index contributed by atoms with van der Waals surface area (Å²) in [6, 6.07) is 0.216. The van der Waals surface area contributed by atoms with Gasteiger partial charge >= 0.3 is 0 Å². The van der Waals surface area contributed by atoms with E-state index in [1.807, 2.05) is 0 Å². The highest BCUT2D eigenvalue weighted by atomic mass is 32.2. The highest BCUT2D eigenvalue weighted by Crippen LogP contribution is 2.20. The highest BCUT2D eigenvalue weighted by molar-refractivity contribution is 7.88. The smallest absolute Gasteiger partial charge is 0.213 e. The van der Waals surface area contributed by atoms with E-state index in [9.17, 15) is 8.42 Å². The molecule has 0 radical (unpaired) electrons. The average Bonchev–Trinajstić information content (AvgIpc) is 2.73. The van der Waals surface area contributed by atoms with Gasteiger partial charge in [-0.3, -0.25) is 4.68 Å². The van der Waals surface area contributed by atoms with Crippen molar-refractivity contribution < 1.29 is 13.2 Å². The third kappa shape index (κ3) is 2.60. The second kappa shape index (κ2) is 4.15. The molecule has 90 valence electrons. The van der Waals surface area contributed by atoms with Gasteiger partial charge in [-0.05, 0) is 13.3 Å². The van der Waals surface area contributed by atoms with Gasteiger partial charge in [-0.15, -0.1) is 0 Å². The van der Waals surface area contributed by atoms with Gasteiger partial charge in [-0.1, -0.05) is 0 Å². The lowest BCUT2D eigenvalue weighted by molar-refractivity contribution is 0.184. The Morgan fingerprint density at radius 2 is 2.44 bits per heavy atom. The summed E-state index contributed by atoms with van der Waals surface area (Å²) in [5.41, 5.74) is 1.37. The van der Waals surface area contributed by atoms with Gasteiger partial charge < -0.3 is 4.74 Å². The van der Waals surface area contributed by atoms with Crippen LogP contribution in [-0.4, -0.2) is 31.4 Å². The van der Waals surface area contributed by atoms with Crippen LogP contribution in [0.4, 0.5) is 0 Å². The molecule has 0 saturated carbocycles. The van der Waals surface area contributed by atoms with E-state index in [0.29, 0.717) is 17.9 Å². The molecule has 1 unspecified atom stereocenters. The summed E-state index contributed by atoms with van der Waals surface area (Å²) in [7, 11) is -3.49. The number of hydrogen-bond acceptors (Lipinski definition) is 4. The summed E-state index contributed by atoms with van der Waals surface area (Å²) in [4.78, 5) is 0. The maximum Gasteiger partial charge on any atom is 0.213 e. The summed E-state index contributed by atoms with van der Waals surface area (Å²) >= 11 is 0. The van der Waals surface area contributed by atoms with Crippen LogP contribution in [-0.2, 0) is 20.5 Å². The van der Waals surface area contributed by atoms with Gasteiger partial charge in [0.15, 0.2) is 0 Å².